The molecule has 27 heavy (non-hydrogen) atoms. The monoisotopic (exact) mass is 385 g/mol. The van der Waals surface area contributed by atoms with Gasteiger partial charge in [-0.1, -0.05) is 30.7 Å². The number of anilines is 1. The smallest absolute Gasteiger partial charge is 0.289 e. The molecule has 8 heteroatoms. The van der Waals surface area contributed by atoms with Crippen LogP contribution in [0.25, 0.3) is 11.0 Å². The van der Waals surface area contributed by atoms with Gasteiger partial charge in [-0.05, 0) is 25.0 Å². The van der Waals surface area contributed by atoms with Gasteiger partial charge < -0.3 is 9.47 Å². The third kappa shape index (κ3) is 3.23. The Morgan fingerprint density at radius 2 is 2.04 bits per heavy atom. The molecular weight excluding hydrogens is 366 g/mol. The Labute approximate surface area is 161 Å². The van der Waals surface area contributed by atoms with Gasteiger partial charge in [-0.3, -0.25) is 10.1 Å². The molecule has 2 aromatic heterocycles. The van der Waals surface area contributed by atoms with E-state index in [9.17, 15) is 10.1 Å². The zero-order valence-corrected chi connectivity index (χ0v) is 15.8. The largest absolute Gasteiger partial charge is 0.355 e. The Kier molecular flexibility index (Phi) is 4.70. The SMILES string of the molecule is CCc1nc2ccccc2n1C1CCN(c2ncc([N+](=O)[O-])cc2Cl)CC1. The normalized spacial score (nSPS) is 15.4. The van der Waals surface area contributed by atoms with Gasteiger partial charge in [0.2, 0.25) is 0 Å². The van der Waals surface area contributed by atoms with E-state index >= 15 is 0 Å². The molecule has 0 saturated carbocycles. The molecule has 1 aliphatic heterocycles. The Morgan fingerprint density at radius 1 is 1.30 bits per heavy atom. The van der Waals surface area contributed by atoms with Crippen molar-refractivity contribution in [3.63, 3.8) is 0 Å². The van der Waals surface area contributed by atoms with E-state index in [-0.39, 0.29) is 5.69 Å². The van der Waals surface area contributed by atoms with Gasteiger partial charge in [0.05, 0.1) is 21.0 Å². The van der Waals surface area contributed by atoms with Crippen LogP contribution in [0.5, 0.6) is 0 Å². The van der Waals surface area contributed by atoms with Gasteiger partial charge in [-0.2, -0.15) is 0 Å². The third-order valence-corrected chi connectivity index (χ3v) is 5.41. The summed E-state index contributed by atoms with van der Waals surface area (Å²) in [5.74, 6) is 1.73. The third-order valence-electron chi connectivity index (χ3n) is 5.13. The second kappa shape index (κ2) is 7.15. The lowest BCUT2D eigenvalue weighted by Gasteiger charge is -2.34. The summed E-state index contributed by atoms with van der Waals surface area (Å²) >= 11 is 6.24. The van der Waals surface area contributed by atoms with Crippen LogP contribution in [0.15, 0.2) is 36.5 Å². The minimum absolute atomic E-state index is 0.0869. The molecule has 1 aliphatic rings. The van der Waals surface area contributed by atoms with E-state index in [2.05, 4.69) is 39.6 Å². The first kappa shape index (κ1) is 17.7. The first-order valence-electron chi connectivity index (χ1n) is 9.09. The van der Waals surface area contributed by atoms with Crippen LogP contribution in [0.4, 0.5) is 11.5 Å². The molecule has 0 aliphatic carbocycles. The number of halogens is 1. The topological polar surface area (TPSA) is 77.1 Å². The van der Waals surface area contributed by atoms with E-state index in [4.69, 9.17) is 16.6 Å². The number of benzene rings is 1. The van der Waals surface area contributed by atoms with Crippen LogP contribution < -0.4 is 4.90 Å². The van der Waals surface area contributed by atoms with Gasteiger partial charge in [0.25, 0.3) is 5.69 Å². The summed E-state index contributed by atoms with van der Waals surface area (Å²) in [7, 11) is 0. The highest BCUT2D eigenvalue weighted by Gasteiger charge is 2.26. The van der Waals surface area contributed by atoms with Crippen molar-refractivity contribution < 1.29 is 4.92 Å². The summed E-state index contributed by atoms with van der Waals surface area (Å²) < 4.78 is 2.37. The van der Waals surface area contributed by atoms with Crippen LogP contribution in [-0.4, -0.2) is 32.5 Å². The van der Waals surface area contributed by atoms with E-state index in [1.54, 1.807) is 0 Å². The van der Waals surface area contributed by atoms with Gasteiger partial charge >= 0.3 is 0 Å². The lowest BCUT2D eigenvalue weighted by atomic mass is 10.0. The minimum atomic E-state index is -0.481. The van der Waals surface area contributed by atoms with E-state index in [0.717, 1.165) is 43.7 Å². The van der Waals surface area contributed by atoms with Crippen LogP contribution in [0.3, 0.4) is 0 Å². The predicted molar refractivity (Wildman–Crippen MR) is 105 cm³/mol. The molecule has 0 atom stereocenters. The average molecular weight is 386 g/mol. The number of fused-ring (bicyclic) bond motifs is 1. The molecule has 0 unspecified atom stereocenters. The highest BCUT2D eigenvalue weighted by Crippen LogP contribution is 2.33. The number of para-hydroxylation sites is 2. The number of aromatic nitrogens is 3. The first-order valence-corrected chi connectivity index (χ1v) is 9.47. The van der Waals surface area contributed by atoms with Crippen molar-refractivity contribution in [3.05, 3.63) is 57.5 Å². The first-order chi connectivity index (χ1) is 13.1. The summed E-state index contributed by atoms with van der Waals surface area (Å²) in [6, 6.07) is 10.00. The number of rotatable bonds is 4. The highest BCUT2D eigenvalue weighted by atomic mass is 35.5. The van der Waals surface area contributed by atoms with Crippen molar-refractivity contribution in [1.82, 2.24) is 14.5 Å². The highest BCUT2D eigenvalue weighted by molar-refractivity contribution is 6.33. The molecule has 4 rings (SSSR count). The molecule has 3 heterocycles. The summed E-state index contributed by atoms with van der Waals surface area (Å²) in [6.45, 7) is 3.73. The molecule has 1 fully saturated rings. The molecule has 0 radical (unpaired) electrons. The lowest BCUT2D eigenvalue weighted by molar-refractivity contribution is -0.385. The molecule has 1 saturated heterocycles. The van der Waals surface area contributed by atoms with Crippen LogP contribution in [0.1, 0.15) is 31.6 Å². The minimum Gasteiger partial charge on any atom is -0.355 e. The van der Waals surface area contributed by atoms with Crippen molar-refractivity contribution in [3.8, 4) is 0 Å². The lowest BCUT2D eigenvalue weighted by Crippen LogP contribution is -2.35. The van der Waals surface area contributed by atoms with E-state index < -0.39 is 4.92 Å². The van der Waals surface area contributed by atoms with Crippen LogP contribution in [0, 0.1) is 10.1 Å². The number of pyridine rings is 1. The van der Waals surface area contributed by atoms with Crippen molar-refractivity contribution in [1.29, 1.82) is 0 Å². The number of hydrogen-bond donors (Lipinski definition) is 0. The maximum absolute atomic E-state index is 10.9. The summed E-state index contributed by atoms with van der Waals surface area (Å²) in [4.78, 5) is 21.5. The Morgan fingerprint density at radius 3 is 2.70 bits per heavy atom. The molecule has 0 N–H and O–H groups in total. The number of piperidine rings is 1. The van der Waals surface area contributed by atoms with E-state index in [0.29, 0.717) is 16.9 Å². The molecule has 140 valence electrons. The summed E-state index contributed by atoms with van der Waals surface area (Å²) in [5, 5.41) is 11.2. The van der Waals surface area contributed by atoms with E-state index in [1.807, 2.05) is 6.07 Å². The molecule has 0 spiro atoms. The van der Waals surface area contributed by atoms with Gasteiger partial charge in [-0.15, -0.1) is 0 Å². The molecule has 0 amide bonds. The second-order valence-electron chi connectivity index (χ2n) is 6.71. The van der Waals surface area contributed by atoms with Crippen LogP contribution in [-0.2, 0) is 6.42 Å². The zero-order chi connectivity index (χ0) is 19.0. The van der Waals surface area contributed by atoms with Gasteiger partial charge in [0.15, 0.2) is 0 Å². The van der Waals surface area contributed by atoms with Crippen LogP contribution >= 0.6 is 11.6 Å². The number of imidazole rings is 1. The maximum Gasteiger partial charge on any atom is 0.289 e. The summed E-state index contributed by atoms with van der Waals surface area (Å²) in [5.41, 5.74) is 2.13. The fraction of sp³-hybridized carbons (Fsp3) is 0.368. The summed E-state index contributed by atoms with van der Waals surface area (Å²) in [6.07, 6.45) is 4.06. The average Bonchev–Trinajstić information content (AvgIpc) is 3.06. The Bertz CT molecular complexity index is 995. The van der Waals surface area contributed by atoms with Gasteiger partial charge in [0, 0.05) is 31.6 Å². The van der Waals surface area contributed by atoms with E-state index in [1.165, 1.54) is 17.8 Å². The maximum atomic E-state index is 10.9. The molecule has 1 aromatic carbocycles. The van der Waals surface area contributed by atoms with Crippen molar-refractivity contribution in [2.45, 2.75) is 32.2 Å². The Balaban J connectivity index is 1.56. The molecule has 7 nitrogen and oxygen atoms in total. The van der Waals surface area contributed by atoms with Crippen molar-refractivity contribution in [2.24, 2.45) is 0 Å². The van der Waals surface area contributed by atoms with Crippen molar-refractivity contribution >= 4 is 34.1 Å². The number of aryl methyl sites for hydroxylation is 1. The number of hydrogen-bond acceptors (Lipinski definition) is 5. The fourth-order valence-corrected chi connectivity index (χ4v) is 4.12. The number of nitrogens with zero attached hydrogens (tertiary/aromatic N) is 5. The zero-order valence-electron chi connectivity index (χ0n) is 15.0. The quantitative estimate of drug-likeness (QED) is 0.491. The molecule has 3 aromatic rings. The van der Waals surface area contributed by atoms with Crippen LogP contribution in [0.2, 0.25) is 5.02 Å². The van der Waals surface area contributed by atoms with Gasteiger partial charge in [0.1, 0.15) is 17.8 Å². The second-order valence-corrected chi connectivity index (χ2v) is 7.12. The molecular formula is C19H20ClN5O2. The fourth-order valence-electron chi connectivity index (χ4n) is 3.84. The van der Waals surface area contributed by atoms with Crippen molar-refractivity contribution in [2.75, 3.05) is 18.0 Å². The van der Waals surface area contributed by atoms with Gasteiger partial charge in [-0.25, -0.2) is 9.97 Å². The standard InChI is InChI=1S/C19H20ClN5O2/c1-2-18-22-16-5-3-4-6-17(16)24(18)13-7-9-23(10-8-13)19-15(20)11-14(12-21-19)25(26)27/h3-6,11-13H,2,7-10H2,1H3. The predicted octanol–water partition coefficient (Wildman–Crippen LogP) is 4.40. The number of nitro groups is 1. The Hall–Kier alpha value is -2.67. The molecule has 0 bridgehead atoms.